The molecular weight excluding hydrogens is 471 g/mol. The van der Waals surface area contributed by atoms with E-state index in [0.29, 0.717) is 18.2 Å². The third-order valence-electron chi connectivity index (χ3n) is 6.87. The quantitative estimate of drug-likeness (QED) is 0.390. The number of guanidine groups is 1. The molecule has 4 aliphatic rings. The number of hydrogen-bond donors (Lipinski definition) is 1. The highest BCUT2D eigenvalue weighted by atomic mass is 127. The summed E-state index contributed by atoms with van der Waals surface area (Å²) in [5.41, 5.74) is 0. The molecule has 0 aromatic carbocycles. The molecule has 5 heterocycles. The van der Waals surface area contributed by atoms with Crippen LogP contribution in [0.3, 0.4) is 0 Å². The summed E-state index contributed by atoms with van der Waals surface area (Å²) >= 11 is 1.88. The molecule has 5 rings (SSSR count). The highest BCUT2D eigenvalue weighted by Crippen LogP contribution is 2.47. The Morgan fingerprint density at radius 1 is 1.26 bits per heavy atom. The van der Waals surface area contributed by atoms with E-state index < -0.39 is 0 Å². The smallest absolute Gasteiger partial charge is 0.193 e. The molecule has 150 valence electrons. The molecule has 5 nitrogen and oxygen atoms in total. The Hall–Kier alpha value is -0.380. The molecule has 0 spiro atoms. The molecule has 0 radical (unpaired) electrons. The number of ether oxygens (including phenoxy) is 1. The lowest BCUT2D eigenvalue weighted by atomic mass is 9.82. The number of fused-ring (bicyclic) bond motifs is 5. The molecule has 7 heteroatoms. The Labute approximate surface area is 183 Å². The number of rotatable bonds is 4. The zero-order valence-corrected chi connectivity index (χ0v) is 19.2. The van der Waals surface area contributed by atoms with Crippen molar-refractivity contribution in [1.82, 2.24) is 15.1 Å². The summed E-state index contributed by atoms with van der Waals surface area (Å²) in [7, 11) is 1.93. The van der Waals surface area contributed by atoms with Gasteiger partial charge in [0.2, 0.25) is 0 Å². The van der Waals surface area contributed by atoms with Crippen LogP contribution in [0.15, 0.2) is 22.5 Å². The maximum absolute atomic E-state index is 6.12. The second-order valence-corrected chi connectivity index (χ2v) is 9.20. The molecule has 5 unspecified atom stereocenters. The zero-order chi connectivity index (χ0) is 17.5. The minimum absolute atomic E-state index is 0. The van der Waals surface area contributed by atoms with Gasteiger partial charge < -0.3 is 15.0 Å². The summed E-state index contributed by atoms with van der Waals surface area (Å²) in [6.07, 6.45) is 6.21. The maximum atomic E-state index is 6.12. The Bertz CT molecular complexity index is 630. The van der Waals surface area contributed by atoms with Gasteiger partial charge in [-0.15, -0.1) is 35.3 Å². The summed E-state index contributed by atoms with van der Waals surface area (Å²) in [4.78, 5) is 11.2. The third kappa shape index (κ3) is 3.76. The highest BCUT2D eigenvalue weighted by molar-refractivity contribution is 14.0. The Balaban J connectivity index is 0.00000180. The van der Waals surface area contributed by atoms with Gasteiger partial charge in [0.05, 0.1) is 18.2 Å². The average molecular weight is 502 g/mol. The molecule has 27 heavy (non-hydrogen) atoms. The largest absolute Gasteiger partial charge is 0.374 e. The second-order valence-electron chi connectivity index (χ2n) is 8.23. The standard InChI is InChI=1S/C20H30N4OS.HI/c1-21-20(24-12-14-15(13-24)18-7-6-17(14)25-18)22-11-16(19-5-4-10-26-19)23-8-2-3-9-23;/h4-5,10,14-18H,2-3,6-9,11-13H2,1H3,(H,21,22);1H. The normalized spacial score (nSPS) is 34.0. The fourth-order valence-electron chi connectivity index (χ4n) is 5.60. The highest BCUT2D eigenvalue weighted by Gasteiger charge is 2.53. The van der Waals surface area contributed by atoms with Gasteiger partial charge in [-0.1, -0.05) is 6.07 Å². The molecule has 4 saturated heterocycles. The van der Waals surface area contributed by atoms with Crippen LogP contribution in [0.2, 0.25) is 0 Å². The summed E-state index contributed by atoms with van der Waals surface area (Å²) < 4.78 is 6.12. The van der Waals surface area contributed by atoms with Crippen LogP contribution >= 0.6 is 35.3 Å². The first-order chi connectivity index (χ1) is 12.8. The van der Waals surface area contributed by atoms with Gasteiger partial charge in [0, 0.05) is 43.4 Å². The maximum Gasteiger partial charge on any atom is 0.193 e. The van der Waals surface area contributed by atoms with Gasteiger partial charge in [0.1, 0.15) is 0 Å². The molecule has 1 N–H and O–H groups in total. The van der Waals surface area contributed by atoms with Crippen LogP contribution in [0.4, 0.5) is 0 Å². The van der Waals surface area contributed by atoms with E-state index in [2.05, 4.69) is 37.6 Å². The van der Waals surface area contributed by atoms with Gasteiger partial charge in [-0.2, -0.15) is 0 Å². The lowest BCUT2D eigenvalue weighted by Crippen LogP contribution is -2.44. The van der Waals surface area contributed by atoms with Crippen LogP contribution in [0.25, 0.3) is 0 Å². The summed E-state index contributed by atoms with van der Waals surface area (Å²) in [5, 5.41) is 5.92. The minimum Gasteiger partial charge on any atom is -0.374 e. The molecule has 0 amide bonds. The first kappa shape index (κ1) is 19.9. The van der Waals surface area contributed by atoms with Crippen molar-refractivity contribution in [2.75, 3.05) is 39.8 Å². The predicted molar refractivity (Wildman–Crippen MR) is 121 cm³/mol. The van der Waals surface area contributed by atoms with Crippen LogP contribution in [-0.2, 0) is 4.74 Å². The van der Waals surface area contributed by atoms with E-state index in [1.807, 2.05) is 18.4 Å². The Kier molecular flexibility index (Phi) is 6.31. The second kappa shape index (κ2) is 8.55. The SMILES string of the molecule is CN=C(NCC(c1cccs1)N1CCCC1)N1CC2C3CCC(O3)C2C1.I. The number of likely N-dealkylation sites (tertiary alicyclic amines) is 2. The Morgan fingerprint density at radius 2 is 1.96 bits per heavy atom. The van der Waals surface area contributed by atoms with E-state index in [1.54, 1.807) is 0 Å². The van der Waals surface area contributed by atoms with E-state index in [4.69, 9.17) is 4.74 Å². The lowest BCUT2D eigenvalue weighted by Gasteiger charge is -2.30. The summed E-state index contributed by atoms with van der Waals surface area (Å²) in [6, 6.07) is 4.93. The number of hydrogen-bond acceptors (Lipinski definition) is 4. The monoisotopic (exact) mass is 502 g/mol. The predicted octanol–water partition coefficient (Wildman–Crippen LogP) is 3.19. The van der Waals surface area contributed by atoms with Gasteiger partial charge in [-0.05, 0) is 50.2 Å². The molecule has 0 aliphatic carbocycles. The van der Waals surface area contributed by atoms with E-state index in [9.17, 15) is 0 Å². The van der Waals surface area contributed by atoms with Crippen molar-refractivity contribution in [3.8, 4) is 0 Å². The van der Waals surface area contributed by atoms with Gasteiger partial charge in [-0.3, -0.25) is 9.89 Å². The first-order valence-corrected chi connectivity index (χ1v) is 11.1. The van der Waals surface area contributed by atoms with Crippen LogP contribution < -0.4 is 5.32 Å². The van der Waals surface area contributed by atoms with Crippen molar-refractivity contribution in [1.29, 1.82) is 0 Å². The molecule has 1 aromatic heterocycles. The van der Waals surface area contributed by atoms with E-state index in [-0.39, 0.29) is 24.0 Å². The van der Waals surface area contributed by atoms with Gasteiger partial charge >= 0.3 is 0 Å². The third-order valence-corrected chi connectivity index (χ3v) is 7.84. The van der Waals surface area contributed by atoms with E-state index in [1.165, 1.54) is 43.6 Å². The van der Waals surface area contributed by atoms with Gasteiger partial charge in [0.25, 0.3) is 0 Å². The molecule has 0 saturated carbocycles. The molecule has 2 bridgehead atoms. The van der Waals surface area contributed by atoms with Gasteiger partial charge in [-0.25, -0.2) is 0 Å². The summed E-state index contributed by atoms with van der Waals surface area (Å²) in [6.45, 7) is 5.61. The fourth-order valence-corrected chi connectivity index (χ4v) is 6.46. The fraction of sp³-hybridized carbons (Fsp3) is 0.750. The number of halogens is 1. The van der Waals surface area contributed by atoms with Gasteiger partial charge in [0.15, 0.2) is 5.96 Å². The number of thiophene rings is 1. The van der Waals surface area contributed by atoms with Crippen molar-refractivity contribution >= 4 is 41.3 Å². The van der Waals surface area contributed by atoms with E-state index >= 15 is 0 Å². The molecule has 4 aliphatic heterocycles. The average Bonchev–Trinajstić information content (AvgIpc) is 3.45. The molecule has 4 fully saturated rings. The van der Waals surface area contributed by atoms with Crippen molar-refractivity contribution in [2.24, 2.45) is 16.8 Å². The van der Waals surface area contributed by atoms with Crippen LogP contribution in [0.1, 0.15) is 36.6 Å². The zero-order valence-electron chi connectivity index (χ0n) is 16.0. The first-order valence-electron chi connectivity index (χ1n) is 10.2. The van der Waals surface area contributed by atoms with Crippen LogP contribution in [-0.4, -0.2) is 67.7 Å². The topological polar surface area (TPSA) is 40.1 Å². The minimum atomic E-state index is 0. The number of nitrogens with one attached hydrogen (secondary N) is 1. The molecule has 1 aromatic rings. The van der Waals surface area contributed by atoms with Crippen LogP contribution in [0, 0.1) is 11.8 Å². The lowest BCUT2D eigenvalue weighted by molar-refractivity contribution is 0.0766. The van der Waals surface area contributed by atoms with Crippen molar-refractivity contribution < 1.29 is 4.74 Å². The number of nitrogens with zero attached hydrogens (tertiary/aromatic N) is 3. The van der Waals surface area contributed by atoms with Crippen molar-refractivity contribution in [3.63, 3.8) is 0 Å². The summed E-state index contributed by atoms with van der Waals surface area (Å²) in [5.74, 6) is 2.53. The van der Waals surface area contributed by atoms with E-state index in [0.717, 1.165) is 37.4 Å². The number of aliphatic imine (C=N–C) groups is 1. The van der Waals surface area contributed by atoms with Crippen molar-refractivity contribution in [2.45, 2.75) is 43.9 Å². The van der Waals surface area contributed by atoms with Crippen LogP contribution in [0.5, 0.6) is 0 Å². The molecule has 5 atom stereocenters. The van der Waals surface area contributed by atoms with Crippen molar-refractivity contribution in [3.05, 3.63) is 22.4 Å². The molecular formula is C20H31IN4OS. The Morgan fingerprint density at radius 3 is 2.56 bits per heavy atom.